The topological polar surface area (TPSA) is 74.8 Å². The summed E-state index contributed by atoms with van der Waals surface area (Å²) in [6.07, 6.45) is 10.6. The number of nitrogens with two attached hydrogens (primary N) is 1. The minimum Gasteiger partial charge on any atom is -0.335 e. The number of rotatable bonds is 4. The Morgan fingerprint density at radius 2 is 1.64 bits per heavy atom. The molecule has 126 valence electrons. The van der Waals surface area contributed by atoms with Crippen LogP contribution in [-0.4, -0.2) is 30.1 Å². The molecule has 2 fully saturated rings. The number of carbonyl (C=O) groups is 2. The van der Waals surface area contributed by atoms with Crippen LogP contribution in [0.25, 0.3) is 0 Å². The first kappa shape index (κ1) is 17.3. The molecule has 5 nitrogen and oxygen atoms in total. The van der Waals surface area contributed by atoms with E-state index in [0.29, 0.717) is 12.0 Å². The molecule has 0 aromatic heterocycles. The molecule has 0 heterocycles. The molecular formula is C17H32N3O2+. The van der Waals surface area contributed by atoms with Gasteiger partial charge in [-0.1, -0.05) is 32.6 Å². The Balaban J connectivity index is 1.71. The Bertz CT molecular complexity index is 380. The largest absolute Gasteiger partial charge is 0.335 e. The van der Waals surface area contributed by atoms with Crippen LogP contribution in [0.3, 0.4) is 0 Å². The normalized spacial score (nSPS) is 27.9. The molecule has 0 aromatic rings. The molecule has 0 bridgehead atoms. The molecule has 0 aliphatic heterocycles. The van der Waals surface area contributed by atoms with E-state index in [-0.39, 0.29) is 24.0 Å². The summed E-state index contributed by atoms with van der Waals surface area (Å²) in [4.78, 5) is 24.1. The number of hydrogen-bond acceptors (Lipinski definition) is 2. The highest BCUT2D eigenvalue weighted by Crippen LogP contribution is 2.21. The Morgan fingerprint density at radius 1 is 1.00 bits per heavy atom. The van der Waals surface area contributed by atoms with E-state index in [0.717, 1.165) is 12.8 Å². The second-order valence-electron chi connectivity index (χ2n) is 7.20. The van der Waals surface area contributed by atoms with Gasteiger partial charge in [0.25, 0.3) is 5.91 Å². The summed E-state index contributed by atoms with van der Waals surface area (Å²) in [6.45, 7) is 4.16. The zero-order valence-corrected chi connectivity index (χ0v) is 14.1. The van der Waals surface area contributed by atoms with Gasteiger partial charge in [0, 0.05) is 12.0 Å². The lowest BCUT2D eigenvalue weighted by molar-refractivity contribution is -0.714. The van der Waals surface area contributed by atoms with Crippen LogP contribution >= 0.6 is 0 Å². The monoisotopic (exact) mass is 310 g/mol. The molecule has 2 aliphatic carbocycles. The fourth-order valence-corrected chi connectivity index (χ4v) is 3.78. The number of quaternary nitrogens is 1. The Hall–Kier alpha value is -1.10. The first-order valence-electron chi connectivity index (χ1n) is 9.02. The van der Waals surface area contributed by atoms with Crippen molar-refractivity contribution in [2.24, 2.45) is 5.92 Å². The molecule has 2 aliphatic rings. The summed E-state index contributed by atoms with van der Waals surface area (Å²) in [6, 6.07) is 0.214. The summed E-state index contributed by atoms with van der Waals surface area (Å²) in [5.74, 6) is 0.478. The van der Waals surface area contributed by atoms with Gasteiger partial charge in [0.05, 0.1) is 6.04 Å². The molecule has 0 unspecified atom stereocenters. The van der Waals surface area contributed by atoms with Crippen LogP contribution in [0.1, 0.15) is 71.6 Å². The van der Waals surface area contributed by atoms with Crippen molar-refractivity contribution in [3.05, 3.63) is 0 Å². The number of urea groups is 1. The zero-order valence-electron chi connectivity index (χ0n) is 14.1. The maximum atomic E-state index is 12.2. The van der Waals surface area contributed by atoms with Crippen LogP contribution in [-0.2, 0) is 4.79 Å². The minimum atomic E-state index is -0.325. The number of hydrogen-bond donors (Lipinski definition) is 3. The maximum Gasteiger partial charge on any atom is 0.321 e. The van der Waals surface area contributed by atoms with Crippen molar-refractivity contribution in [2.75, 3.05) is 0 Å². The SMILES string of the molecule is C[C@H]([NH2+][C@H]1CCCC[C@H]1C)C(=O)NC(=O)NC1CCCCC1. The van der Waals surface area contributed by atoms with Crippen molar-refractivity contribution in [3.63, 3.8) is 0 Å². The molecule has 0 spiro atoms. The third-order valence-electron chi connectivity index (χ3n) is 5.30. The van der Waals surface area contributed by atoms with Gasteiger partial charge in [0.1, 0.15) is 0 Å². The van der Waals surface area contributed by atoms with E-state index in [1.54, 1.807) is 0 Å². The van der Waals surface area contributed by atoms with Crippen LogP contribution in [0.4, 0.5) is 4.79 Å². The van der Waals surface area contributed by atoms with E-state index in [1.165, 1.54) is 44.9 Å². The van der Waals surface area contributed by atoms with Gasteiger partial charge < -0.3 is 10.6 Å². The molecular weight excluding hydrogens is 278 g/mol. The Kier molecular flexibility index (Phi) is 6.68. The highest BCUT2D eigenvalue weighted by atomic mass is 16.2. The highest BCUT2D eigenvalue weighted by Gasteiger charge is 2.29. The number of amides is 3. The smallest absolute Gasteiger partial charge is 0.321 e. The molecule has 3 atom stereocenters. The van der Waals surface area contributed by atoms with Crippen LogP contribution < -0.4 is 16.0 Å². The van der Waals surface area contributed by atoms with Crippen LogP contribution in [0.5, 0.6) is 0 Å². The van der Waals surface area contributed by atoms with E-state index in [2.05, 4.69) is 22.9 Å². The lowest BCUT2D eigenvalue weighted by Crippen LogP contribution is -2.98. The lowest BCUT2D eigenvalue weighted by Gasteiger charge is -2.28. The van der Waals surface area contributed by atoms with Crippen LogP contribution in [0.15, 0.2) is 0 Å². The maximum absolute atomic E-state index is 12.2. The fourth-order valence-electron chi connectivity index (χ4n) is 3.78. The first-order valence-corrected chi connectivity index (χ1v) is 9.02. The molecule has 5 heteroatoms. The zero-order chi connectivity index (χ0) is 15.9. The first-order chi connectivity index (χ1) is 10.6. The number of imide groups is 1. The summed E-state index contributed by atoms with van der Waals surface area (Å²) in [5, 5.41) is 7.59. The van der Waals surface area contributed by atoms with Gasteiger partial charge in [-0.25, -0.2) is 4.79 Å². The third kappa shape index (κ3) is 5.27. The van der Waals surface area contributed by atoms with E-state index in [4.69, 9.17) is 0 Å². The highest BCUT2D eigenvalue weighted by molar-refractivity contribution is 5.96. The van der Waals surface area contributed by atoms with Gasteiger partial charge >= 0.3 is 6.03 Å². The van der Waals surface area contributed by atoms with Crippen molar-refractivity contribution < 1.29 is 14.9 Å². The predicted molar refractivity (Wildman–Crippen MR) is 86.4 cm³/mol. The van der Waals surface area contributed by atoms with Crippen molar-refractivity contribution >= 4 is 11.9 Å². The van der Waals surface area contributed by atoms with Gasteiger partial charge in [-0.2, -0.15) is 0 Å². The van der Waals surface area contributed by atoms with E-state index in [1.807, 2.05) is 6.92 Å². The molecule has 0 saturated heterocycles. The average Bonchev–Trinajstić information content (AvgIpc) is 2.50. The van der Waals surface area contributed by atoms with Gasteiger partial charge in [-0.05, 0) is 39.0 Å². The summed E-state index contributed by atoms with van der Waals surface area (Å²) in [5.41, 5.74) is 0. The second kappa shape index (κ2) is 8.51. The lowest BCUT2D eigenvalue weighted by atomic mass is 9.85. The molecule has 22 heavy (non-hydrogen) atoms. The van der Waals surface area contributed by atoms with Crippen molar-refractivity contribution in [1.82, 2.24) is 10.6 Å². The average molecular weight is 310 g/mol. The molecule has 4 N–H and O–H groups in total. The quantitative estimate of drug-likeness (QED) is 0.739. The summed E-state index contributed by atoms with van der Waals surface area (Å²) >= 11 is 0. The van der Waals surface area contributed by atoms with Crippen LogP contribution in [0.2, 0.25) is 0 Å². The summed E-state index contributed by atoms with van der Waals surface area (Å²) in [7, 11) is 0. The van der Waals surface area contributed by atoms with Crippen LogP contribution in [0, 0.1) is 5.92 Å². The van der Waals surface area contributed by atoms with Gasteiger partial charge in [0.2, 0.25) is 0 Å². The van der Waals surface area contributed by atoms with Gasteiger partial charge in [0.15, 0.2) is 6.04 Å². The van der Waals surface area contributed by atoms with Crippen molar-refractivity contribution in [3.8, 4) is 0 Å². The number of carbonyl (C=O) groups excluding carboxylic acids is 2. The fraction of sp³-hybridized carbons (Fsp3) is 0.882. The van der Waals surface area contributed by atoms with E-state index in [9.17, 15) is 9.59 Å². The summed E-state index contributed by atoms with van der Waals surface area (Å²) < 4.78 is 0. The molecule has 0 radical (unpaired) electrons. The minimum absolute atomic E-state index is 0.175. The second-order valence-corrected chi connectivity index (χ2v) is 7.20. The van der Waals surface area contributed by atoms with E-state index >= 15 is 0 Å². The van der Waals surface area contributed by atoms with Gasteiger partial charge in [-0.3, -0.25) is 10.1 Å². The predicted octanol–water partition coefficient (Wildman–Crippen LogP) is 1.68. The third-order valence-corrected chi connectivity index (χ3v) is 5.30. The molecule has 2 saturated carbocycles. The number of nitrogens with one attached hydrogen (secondary N) is 2. The van der Waals surface area contributed by atoms with E-state index < -0.39 is 0 Å². The Morgan fingerprint density at radius 3 is 2.32 bits per heavy atom. The van der Waals surface area contributed by atoms with Crippen molar-refractivity contribution in [2.45, 2.75) is 89.8 Å². The van der Waals surface area contributed by atoms with Crippen molar-refractivity contribution in [1.29, 1.82) is 0 Å². The standard InChI is InChI=1S/C17H31N3O2/c1-12-8-6-7-11-15(12)18-13(2)16(21)20-17(22)19-14-9-4-3-5-10-14/h12-15,18H,3-11H2,1-2H3,(H2,19,20,21,22)/p+1/t12-,13+,15+/m1/s1. The molecule has 0 aromatic carbocycles. The Labute approximate surface area is 134 Å². The molecule has 2 rings (SSSR count). The van der Waals surface area contributed by atoms with Gasteiger partial charge in [-0.15, -0.1) is 0 Å². The molecule has 3 amide bonds.